The molecule has 1 amide bonds. The first-order valence-electron chi connectivity index (χ1n) is 6.11. The maximum atomic E-state index is 11.9. The topological polar surface area (TPSA) is 63.6 Å². The zero-order valence-electron chi connectivity index (χ0n) is 11.3. The largest absolute Gasteiger partial charge is 0.497 e. The highest BCUT2D eigenvalue weighted by molar-refractivity contribution is 5.99. The summed E-state index contributed by atoms with van der Waals surface area (Å²) in [5.74, 6) is 0.428. The van der Waals surface area contributed by atoms with E-state index in [1.54, 1.807) is 44.5 Å². The van der Waals surface area contributed by atoms with E-state index in [1.807, 2.05) is 18.2 Å². The van der Waals surface area contributed by atoms with Crippen LogP contribution in [0.1, 0.15) is 23.0 Å². The number of hydrazone groups is 1. The Bertz CT molecular complexity index is 607. The number of aromatic nitrogens is 1. The first kappa shape index (κ1) is 13.7. The van der Waals surface area contributed by atoms with Gasteiger partial charge in [0.15, 0.2) is 0 Å². The molecule has 0 aliphatic carbocycles. The van der Waals surface area contributed by atoms with Crippen molar-refractivity contribution in [2.45, 2.75) is 6.92 Å². The van der Waals surface area contributed by atoms with Gasteiger partial charge in [-0.2, -0.15) is 5.10 Å². The van der Waals surface area contributed by atoms with E-state index in [0.717, 1.165) is 5.69 Å². The summed E-state index contributed by atoms with van der Waals surface area (Å²) in [6.07, 6.45) is 1.68. The highest BCUT2D eigenvalue weighted by Gasteiger charge is 2.05. The van der Waals surface area contributed by atoms with Gasteiger partial charge >= 0.3 is 0 Å². The highest BCUT2D eigenvalue weighted by Crippen LogP contribution is 2.11. The van der Waals surface area contributed by atoms with Gasteiger partial charge in [-0.05, 0) is 43.3 Å². The van der Waals surface area contributed by atoms with Gasteiger partial charge in [0.05, 0.1) is 18.5 Å². The average Bonchev–Trinajstić information content (AvgIpc) is 2.53. The SMILES string of the molecule is COc1ccc(C(=O)N/N=C(/C)c2ccccn2)cc1. The van der Waals surface area contributed by atoms with E-state index in [2.05, 4.69) is 15.5 Å². The summed E-state index contributed by atoms with van der Waals surface area (Å²) in [7, 11) is 1.58. The van der Waals surface area contributed by atoms with E-state index in [0.29, 0.717) is 17.0 Å². The molecule has 0 atom stereocenters. The number of pyridine rings is 1. The van der Waals surface area contributed by atoms with E-state index >= 15 is 0 Å². The van der Waals surface area contributed by atoms with Crippen LogP contribution in [0.2, 0.25) is 0 Å². The van der Waals surface area contributed by atoms with Crippen molar-refractivity contribution in [1.29, 1.82) is 0 Å². The number of benzene rings is 1. The van der Waals surface area contributed by atoms with E-state index in [-0.39, 0.29) is 5.91 Å². The molecule has 0 aliphatic rings. The maximum absolute atomic E-state index is 11.9. The van der Waals surface area contributed by atoms with Crippen molar-refractivity contribution >= 4 is 11.6 Å². The average molecular weight is 269 g/mol. The van der Waals surface area contributed by atoms with Crippen LogP contribution < -0.4 is 10.2 Å². The molecule has 1 N–H and O–H groups in total. The number of carbonyl (C=O) groups excluding carboxylic acids is 1. The summed E-state index contributed by atoms with van der Waals surface area (Å²) in [5, 5.41) is 4.04. The molecular weight excluding hydrogens is 254 g/mol. The van der Waals surface area contributed by atoms with Gasteiger partial charge in [-0.1, -0.05) is 6.07 Å². The lowest BCUT2D eigenvalue weighted by molar-refractivity contribution is 0.0955. The van der Waals surface area contributed by atoms with Crippen LogP contribution in [0.5, 0.6) is 5.75 Å². The number of hydrogen-bond acceptors (Lipinski definition) is 4. The van der Waals surface area contributed by atoms with Gasteiger partial charge < -0.3 is 4.74 Å². The molecule has 0 saturated carbocycles. The van der Waals surface area contributed by atoms with Gasteiger partial charge in [-0.25, -0.2) is 5.43 Å². The van der Waals surface area contributed by atoms with Crippen molar-refractivity contribution in [2.75, 3.05) is 7.11 Å². The highest BCUT2D eigenvalue weighted by atomic mass is 16.5. The molecule has 0 unspecified atom stereocenters. The van der Waals surface area contributed by atoms with E-state index in [9.17, 15) is 4.79 Å². The van der Waals surface area contributed by atoms with Crippen molar-refractivity contribution in [3.8, 4) is 5.75 Å². The minimum atomic E-state index is -0.275. The van der Waals surface area contributed by atoms with Crippen LogP contribution in [0.4, 0.5) is 0 Å². The number of nitrogens with one attached hydrogen (secondary N) is 1. The molecule has 1 aromatic carbocycles. The van der Waals surface area contributed by atoms with Crippen LogP contribution in [0.25, 0.3) is 0 Å². The number of methoxy groups -OCH3 is 1. The Hall–Kier alpha value is -2.69. The molecule has 0 fully saturated rings. The Morgan fingerprint density at radius 2 is 1.95 bits per heavy atom. The van der Waals surface area contributed by atoms with Crippen LogP contribution in [0, 0.1) is 0 Å². The molecule has 0 aliphatic heterocycles. The Balaban J connectivity index is 2.04. The summed E-state index contributed by atoms with van der Waals surface area (Å²) in [6.45, 7) is 1.79. The summed E-state index contributed by atoms with van der Waals surface area (Å²) >= 11 is 0. The lowest BCUT2D eigenvalue weighted by atomic mass is 10.2. The number of carbonyl (C=O) groups is 1. The molecule has 20 heavy (non-hydrogen) atoms. The lowest BCUT2D eigenvalue weighted by Gasteiger charge is -2.03. The zero-order valence-corrected chi connectivity index (χ0v) is 11.3. The van der Waals surface area contributed by atoms with E-state index < -0.39 is 0 Å². The zero-order chi connectivity index (χ0) is 14.4. The summed E-state index contributed by atoms with van der Waals surface area (Å²) < 4.78 is 5.04. The molecule has 0 saturated heterocycles. The van der Waals surface area contributed by atoms with Crippen LogP contribution in [-0.4, -0.2) is 23.7 Å². The van der Waals surface area contributed by atoms with Crippen molar-refractivity contribution in [3.63, 3.8) is 0 Å². The van der Waals surface area contributed by atoms with E-state index in [4.69, 9.17) is 4.74 Å². The molecule has 0 bridgehead atoms. The van der Waals surface area contributed by atoms with Crippen LogP contribution in [0.15, 0.2) is 53.8 Å². The third-order valence-corrected chi connectivity index (χ3v) is 2.71. The fraction of sp³-hybridized carbons (Fsp3) is 0.133. The van der Waals surface area contributed by atoms with Gasteiger partial charge in [0, 0.05) is 11.8 Å². The Labute approximate surface area is 117 Å². The first-order chi connectivity index (χ1) is 9.70. The molecule has 1 aromatic heterocycles. The molecule has 2 aromatic rings. The standard InChI is InChI=1S/C15H15N3O2/c1-11(14-5-3-4-10-16-14)17-18-15(19)12-6-8-13(20-2)9-7-12/h3-10H,1-2H3,(H,18,19)/b17-11-. The van der Waals surface area contributed by atoms with Crippen molar-refractivity contribution in [2.24, 2.45) is 5.10 Å². The fourth-order valence-electron chi connectivity index (χ4n) is 1.58. The Morgan fingerprint density at radius 3 is 2.55 bits per heavy atom. The third-order valence-electron chi connectivity index (χ3n) is 2.71. The normalized spacial score (nSPS) is 11.0. The van der Waals surface area contributed by atoms with Crippen LogP contribution in [0.3, 0.4) is 0 Å². The summed E-state index contributed by atoms with van der Waals surface area (Å²) in [4.78, 5) is 16.1. The van der Waals surface area contributed by atoms with Crippen LogP contribution >= 0.6 is 0 Å². The van der Waals surface area contributed by atoms with Crippen molar-refractivity contribution < 1.29 is 9.53 Å². The van der Waals surface area contributed by atoms with Crippen molar-refractivity contribution in [1.82, 2.24) is 10.4 Å². The fourth-order valence-corrected chi connectivity index (χ4v) is 1.58. The second-order valence-corrected chi connectivity index (χ2v) is 4.08. The number of amides is 1. The second-order valence-electron chi connectivity index (χ2n) is 4.08. The van der Waals surface area contributed by atoms with Gasteiger partial charge in [0.25, 0.3) is 5.91 Å². The Morgan fingerprint density at radius 1 is 1.20 bits per heavy atom. The predicted octanol–water partition coefficient (Wildman–Crippen LogP) is 2.24. The molecule has 1 heterocycles. The maximum Gasteiger partial charge on any atom is 0.271 e. The third kappa shape index (κ3) is 3.41. The predicted molar refractivity (Wildman–Crippen MR) is 76.9 cm³/mol. The molecule has 2 rings (SSSR count). The minimum Gasteiger partial charge on any atom is -0.497 e. The van der Waals surface area contributed by atoms with Gasteiger partial charge in [0.2, 0.25) is 0 Å². The molecular formula is C15H15N3O2. The van der Waals surface area contributed by atoms with Crippen molar-refractivity contribution in [3.05, 3.63) is 59.9 Å². The number of rotatable bonds is 4. The number of ether oxygens (including phenoxy) is 1. The number of hydrogen-bond donors (Lipinski definition) is 1. The quantitative estimate of drug-likeness (QED) is 0.684. The smallest absolute Gasteiger partial charge is 0.271 e. The summed E-state index contributed by atoms with van der Waals surface area (Å²) in [5.41, 5.74) is 4.39. The first-order valence-corrected chi connectivity index (χ1v) is 6.11. The van der Waals surface area contributed by atoms with E-state index in [1.165, 1.54) is 0 Å². The Kier molecular flexibility index (Phi) is 4.44. The lowest BCUT2D eigenvalue weighted by Crippen LogP contribution is -2.19. The monoisotopic (exact) mass is 269 g/mol. The molecule has 102 valence electrons. The van der Waals surface area contributed by atoms with Gasteiger partial charge in [-0.3, -0.25) is 9.78 Å². The minimum absolute atomic E-state index is 0.275. The molecule has 0 spiro atoms. The van der Waals surface area contributed by atoms with Crippen LogP contribution in [-0.2, 0) is 0 Å². The number of nitrogens with zero attached hydrogens (tertiary/aromatic N) is 2. The summed E-state index contributed by atoms with van der Waals surface area (Å²) in [6, 6.07) is 12.3. The van der Waals surface area contributed by atoms with Gasteiger partial charge in [0.1, 0.15) is 5.75 Å². The van der Waals surface area contributed by atoms with Gasteiger partial charge in [-0.15, -0.1) is 0 Å². The molecule has 5 heteroatoms. The molecule has 5 nitrogen and oxygen atoms in total. The second kappa shape index (κ2) is 6.47. The molecule has 0 radical (unpaired) electrons.